The molecule has 1 aliphatic rings. The average molecular weight is 274 g/mol. The zero-order valence-corrected chi connectivity index (χ0v) is 13.5. The van der Waals surface area contributed by atoms with E-state index in [1.165, 1.54) is 18.4 Å². The fraction of sp³-hybridized carbons (Fsp3) is 0.667. The van der Waals surface area contributed by atoms with Crippen molar-refractivity contribution in [2.75, 3.05) is 0 Å². The molecule has 0 heterocycles. The number of hydrogen-bond acceptors (Lipinski definition) is 2. The molecule has 0 radical (unpaired) electrons. The molecule has 20 heavy (non-hydrogen) atoms. The van der Waals surface area contributed by atoms with Crippen molar-refractivity contribution < 1.29 is 0 Å². The van der Waals surface area contributed by atoms with Gasteiger partial charge in [0, 0.05) is 24.7 Å². The number of rotatable bonds is 6. The van der Waals surface area contributed by atoms with E-state index in [9.17, 15) is 0 Å². The lowest BCUT2D eigenvalue weighted by atomic mass is 9.80. The third-order valence-electron chi connectivity index (χ3n) is 4.35. The fourth-order valence-corrected chi connectivity index (χ4v) is 3.26. The minimum absolute atomic E-state index is 0.215. The number of hydrogen-bond donors (Lipinski definition) is 1. The zero-order chi connectivity index (χ0) is 14.8. The average Bonchev–Trinajstić information content (AvgIpc) is 3.21. The van der Waals surface area contributed by atoms with Crippen LogP contribution >= 0.6 is 0 Å². The molecule has 2 unspecified atom stereocenters. The highest BCUT2D eigenvalue weighted by molar-refractivity contribution is 5.15. The van der Waals surface area contributed by atoms with Crippen molar-refractivity contribution in [2.24, 2.45) is 11.1 Å². The van der Waals surface area contributed by atoms with Crippen molar-refractivity contribution in [3.63, 3.8) is 0 Å². The summed E-state index contributed by atoms with van der Waals surface area (Å²) in [7, 11) is 0. The van der Waals surface area contributed by atoms with Crippen molar-refractivity contribution in [1.29, 1.82) is 0 Å². The summed E-state index contributed by atoms with van der Waals surface area (Å²) in [6, 6.07) is 12.2. The van der Waals surface area contributed by atoms with Gasteiger partial charge in [-0.05, 0) is 30.2 Å². The van der Waals surface area contributed by atoms with E-state index < -0.39 is 0 Å². The predicted octanol–water partition coefficient (Wildman–Crippen LogP) is 3.80. The smallest absolute Gasteiger partial charge is 0.0301 e. The van der Waals surface area contributed by atoms with Crippen LogP contribution in [0.1, 0.15) is 52.5 Å². The van der Waals surface area contributed by atoms with E-state index >= 15 is 0 Å². The molecular weight excluding hydrogens is 244 g/mol. The second kappa shape index (κ2) is 6.28. The van der Waals surface area contributed by atoms with E-state index in [0.29, 0.717) is 6.04 Å². The quantitative estimate of drug-likeness (QED) is 0.855. The maximum absolute atomic E-state index is 6.48. The summed E-state index contributed by atoms with van der Waals surface area (Å²) in [4.78, 5) is 2.67. The van der Waals surface area contributed by atoms with E-state index in [2.05, 4.69) is 62.9 Å². The first-order valence-corrected chi connectivity index (χ1v) is 7.98. The largest absolute Gasteiger partial charge is 0.326 e. The minimum atomic E-state index is 0.215. The van der Waals surface area contributed by atoms with Crippen LogP contribution in [0.4, 0.5) is 0 Å². The second-order valence-corrected chi connectivity index (χ2v) is 7.27. The van der Waals surface area contributed by atoms with Gasteiger partial charge in [0.25, 0.3) is 0 Å². The molecule has 2 nitrogen and oxygen atoms in total. The lowest BCUT2D eigenvalue weighted by molar-refractivity contribution is 0.0621. The Labute approximate surface area is 124 Å². The summed E-state index contributed by atoms with van der Waals surface area (Å²) in [6.07, 6.45) is 3.70. The Hall–Kier alpha value is -0.860. The maximum Gasteiger partial charge on any atom is 0.0301 e. The Morgan fingerprint density at radius 2 is 1.80 bits per heavy atom. The SMILES string of the molecule is CCC(N)C(N(Cc1ccccc1)C1CC1)C(C)(C)C. The Morgan fingerprint density at radius 1 is 1.20 bits per heavy atom. The molecule has 1 fully saturated rings. The Kier molecular flexibility index (Phi) is 4.87. The molecule has 0 aliphatic heterocycles. The first-order chi connectivity index (χ1) is 9.43. The van der Waals surface area contributed by atoms with Crippen LogP contribution in [0, 0.1) is 5.41 Å². The number of benzene rings is 1. The summed E-state index contributed by atoms with van der Waals surface area (Å²) in [5, 5.41) is 0. The molecule has 112 valence electrons. The van der Waals surface area contributed by atoms with Crippen LogP contribution in [-0.2, 0) is 6.54 Å². The third-order valence-corrected chi connectivity index (χ3v) is 4.35. The van der Waals surface area contributed by atoms with Crippen LogP contribution in [0.5, 0.6) is 0 Å². The first kappa shape index (κ1) is 15.5. The molecule has 0 spiro atoms. The summed E-state index contributed by atoms with van der Waals surface area (Å²) < 4.78 is 0. The highest BCUT2D eigenvalue weighted by Crippen LogP contribution is 2.37. The molecule has 0 amide bonds. The van der Waals surface area contributed by atoms with E-state index in [1.54, 1.807) is 0 Å². The van der Waals surface area contributed by atoms with Gasteiger partial charge in [-0.2, -0.15) is 0 Å². The van der Waals surface area contributed by atoms with Crippen molar-refractivity contribution >= 4 is 0 Å². The van der Waals surface area contributed by atoms with Crippen molar-refractivity contribution in [2.45, 2.75) is 71.6 Å². The van der Waals surface area contributed by atoms with Gasteiger partial charge in [-0.15, -0.1) is 0 Å². The fourth-order valence-electron chi connectivity index (χ4n) is 3.26. The van der Waals surface area contributed by atoms with Crippen LogP contribution in [0.2, 0.25) is 0 Å². The Morgan fingerprint density at radius 3 is 2.25 bits per heavy atom. The standard InChI is InChI=1S/C18H30N2/c1-5-16(19)17(18(2,3)4)20(15-11-12-15)13-14-9-7-6-8-10-14/h6-10,15-17H,5,11-13,19H2,1-4H3. The lowest BCUT2D eigenvalue weighted by Crippen LogP contribution is -2.55. The number of nitrogens with zero attached hydrogens (tertiary/aromatic N) is 1. The van der Waals surface area contributed by atoms with Crippen LogP contribution in [0.25, 0.3) is 0 Å². The molecule has 2 rings (SSSR count). The van der Waals surface area contributed by atoms with E-state index in [1.807, 2.05) is 0 Å². The van der Waals surface area contributed by atoms with Crippen LogP contribution in [0.3, 0.4) is 0 Å². The highest BCUT2D eigenvalue weighted by Gasteiger charge is 2.41. The van der Waals surface area contributed by atoms with Gasteiger partial charge in [0.15, 0.2) is 0 Å². The van der Waals surface area contributed by atoms with Crippen LogP contribution in [0.15, 0.2) is 30.3 Å². The zero-order valence-electron chi connectivity index (χ0n) is 13.5. The first-order valence-electron chi connectivity index (χ1n) is 7.98. The van der Waals surface area contributed by atoms with Gasteiger partial charge in [0.1, 0.15) is 0 Å². The molecular formula is C18H30N2. The van der Waals surface area contributed by atoms with E-state index in [0.717, 1.165) is 19.0 Å². The van der Waals surface area contributed by atoms with Crippen molar-refractivity contribution in [3.8, 4) is 0 Å². The van der Waals surface area contributed by atoms with Crippen molar-refractivity contribution in [1.82, 2.24) is 4.90 Å². The van der Waals surface area contributed by atoms with Gasteiger partial charge in [-0.3, -0.25) is 4.90 Å². The molecule has 2 heteroatoms. The predicted molar refractivity (Wildman–Crippen MR) is 86.5 cm³/mol. The summed E-state index contributed by atoms with van der Waals surface area (Å²) in [5.41, 5.74) is 8.10. The monoisotopic (exact) mass is 274 g/mol. The normalized spacial score (nSPS) is 19.1. The minimum Gasteiger partial charge on any atom is -0.326 e. The molecule has 2 N–H and O–H groups in total. The third kappa shape index (κ3) is 3.83. The topological polar surface area (TPSA) is 29.3 Å². The summed E-state index contributed by atoms with van der Waals surface area (Å²) in [6.45, 7) is 10.2. The number of nitrogens with two attached hydrogens (primary N) is 1. The van der Waals surface area contributed by atoms with Gasteiger partial charge >= 0.3 is 0 Å². The molecule has 1 aromatic rings. The summed E-state index contributed by atoms with van der Waals surface area (Å²) in [5.74, 6) is 0. The molecule has 1 saturated carbocycles. The molecule has 0 aromatic heterocycles. The molecule has 0 bridgehead atoms. The van der Waals surface area contributed by atoms with E-state index in [4.69, 9.17) is 5.73 Å². The lowest BCUT2D eigenvalue weighted by Gasteiger charge is -2.44. The van der Waals surface area contributed by atoms with Gasteiger partial charge in [0.05, 0.1) is 0 Å². The van der Waals surface area contributed by atoms with Gasteiger partial charge < -0.3 is 5.73 Å². The van der Waals surface area contributed by atoms with Crippen LogP contribution in [-0.4, -0.2) is 23.0 Å². The van der Waals surface area contributed by atoms with Crippen LogP contribution < -0.4 is 5.73 Å². The molecule has 0 saturated heterocycles. The van der Waals surface area contributed by atoms with Gasteiger partial charge in [-0.25, -0.2) is 0 Å². The Bertz CT molecular complexity index is 403. The van der Waals surface area contributed by atoms with Gasteiger partial charge in [-0.1, -0.05) is 58.0 Å². The molecule has 1 aromatic carbocycles. The van der Waals surface area contributed by atoms with Gasteiger partial charge in [0.2, 0.25) is 0 Å². The highest BCUT2D eigenvalue weighted by atomic mass is 15.2. The van der Waals surface area contributed by atoms with Crippen molar-refractivity contribution in [3.05, 3.63) is 35.9 Å². The summed E-state index contributed by atoms with van der Waals surface area (Å²) >= 11 is 0. The van der Waals surface area contributed by atoms with E-state index in [-0.39, 0.29) is 11.5 Å². The maximum atomic E-state index is 6.48. The molecule has 1 aliphatic carbocycles. The second-order valence-electron chi connectivity index (χ2n) is 7.27. The molecule has 2 atom stereocenters. The Balaban J connectivity index is 2.21.